The summed E-state index contributed by atoms with van der Waals surface area (Å²) in [5.41, 5.74) is 3.63. The Kier molecular flexibility index (Phi) is 6.21. The SMILES string of the molecule is [2H]c1c([2H])c(N(c2c([2H])c([2H])c(-c3cccc4c3oc3ccccc34)c([2H])c2[2H])c2cc3ccccc3c3ccccc23)c([2H])c([2H])c1-c1c(-c2ccccc2)c2ccccc2c2ccccc12. The van der Waals surface area contributed by atoms with E-state index in [0.29, 0.717) is 33.4 Å². The molecule has 0 aliphatic carbocycles. The second-order valence-corrected chi connectivity index (χ2v) is 14.9. The van der Waals surface area contributed by atoms with E-state index in [4.69, 9.17) is 4.42 Å². The third kappa shape index (κ3) is 5.42. The fourth-order valence-corrected chi connectivity index (χ4v) is 8.92. The number of hydrogen-bond donors (Lipinski definition) is 0. The highest BCUT2D eigenvalue weighted by Crippen LogP contribution is 2.47. The van der Waals surface area contributed by atoms with Crippen LogP contribution in [0.1, 0.15) is 11.0 Å². The van der Waals surface area contributed by atoms with E-state index in [1.807, 2.05) is 158 Å². The standard InChI is InChI=1S/C58H37NO/c1-2-15-39(16-3-1)56-51-24-10-7-20-47(51)48-21-8-11-25-52(48)57(56)40-31-35-43(36-32-40)59(54-37-41-17-4-5-18-44(41)46-19-6-9-22-49(46)54)42-33-29-38(30-34-42)45-26-14-27-53-50-23-12-13-28-55(50)60-58(45)53/h1-37H/i29D,30D,31D,32D,33D,34D,35D,36D. The molecule has 0 aliphatic heterocycles. The van der Waals surface area contributed by atoms with Gasteiger partial charge in [-0.05, 0) is 102 Å². The zero-order valence-corrected chi connectivity index (χ0v) is 32.1. The van der Waals surface area contributed by atoms with Crippen LogP contribution in [0.2, 0.25) is 0 Å². The van der Waals surface area contributed by atoms with Gasteiger partial charge < -0.3 is 9.32 Å². The first-order valence-corrected chi connectivity index (χ1v) is 19.9. The van der Waals surface area contributed by atoms with E-state index in [1.54, 1.807) is 12.1 Å². The smallest absolute Gasteiger partial charge is 0.143 e. The number of rotatable bonds is 6. The van der Waals surface area contributed by atoms with Crippen LogP contribution < -0.4 is 4.90 Å². The van der Waals surface area contributed by atoms with Gasteiger partial charge in [-0.3, -0.25) is 0 Å². The van der Waals surface area contributed by atoms with Crippen LogP contribution >= 0.6 is 0 Å². The first kappa shape index (κ1) is 26.9. The Morgan fingerprint density at radius 3 is 1.50 bits per heavy atom. The lowest BCUT2D eigenvalue weighted by atomic mass is 9.85. The second-order valence-electron chi connectivity index (χ2n) is 14.9. The van der Waals surface area contributed by atoms with Gasteiger partial charge >= 0.3 is 0 Å². The molecule has 2 heteroatoms. The molecule has 0 atom stereocenters. The summed E-state index contributed by atoms with van der Waals surface area (Å²) in [6.45, 7) is 0. The zero-order valence-electron chi connectivity index (χ0n) is 40.1. The van der Waals surface area contributed by atoms with Gasteiger partial charge in [0.15, 0.2) is 0 Å². The summed E-state index contributed by atoms with van der Waals surface area (Å²) in [5, 5.41) is 8.31. The van der Waals surface area contributed by atoms with Crippen molar-refractivity contribution >= 4 is 82.1 Å². The average molecular weight is 772 g/mol. The van der Waals surface area contributed by atoms with Gasteiger partial charge in [0.25, 0.3) is 0 Å². The number of nitrogens with zero attached hydrogens (tertiary/aromatic N) is 1. The van der Waals surface area contributed by atoms with Crippen LogP contribution in [0.4, 0.5) is 17.1 Å². The number of fused-ring (bicyclic) bond motifs is 9. The molecule has 60 heavy (non-hydrogen) atoms. The number of hydrogen-bond acceptors (Lipinski definition) is 2. The maximum Gasteiger partial charge on any atom is 0.143 e. The molecular formula is C58H37NO. The van der Waals surface area contributed by atoms with E-state index >= 15 is 0 Å². The fourth-order valence-electron chi connectivity index (χ4n) is 8.92. The van der Waals surface area contributed by atoms with Gasteiger partial charge in [-0.25, -0.2) is 0 Å². The fraction of sp³-hybridized carbons (Fsp3) is 0. The third-order valence-corrected chi connectivity index (χ3v) is 11.6. The largest absolute Gasteiger partial charge is 0.455 e. The predicted molar refractivity (Wildman–Crippen MR) is 255 cm³/mol. The maximum absolute atomic E-state index is 10.1. The van der Waals surface area contributed by atoms with E-state index in [1.165, 1.54) is 4.90 Å². The lowest BCUT2D eigenvalue weighted by Gasteiger charge is -2.28. The van der Waals surface area contributed by atoms with E-state index in [9.17, 15) is 11.0 Å². The topological polar surface area (TPSA) is 16.4 Å². The first-order valence-electron chi connectivity index (χ1n) is 23.9. The Hall–Kier alpha value is -7.94. The normalized spacial score (nSPS) is 13.5. The summed E-state index contributed by atoms with van der Waals surface area (Å²) in [5.74, 6) is 0. The van der Waals surface area contributed by atoms with Gasteiger partial charge in [-0.2, -0.15) is 0 Å². The molecule has 0 aliphatic rings. The highest BCUT2D eigenvalue weighted by Gasteiger charge is 2.21. The van der Waals surface area contributed by atoms with Gasteiger partial charge in [0, 0.05) is 33.1 Å². The number of anilines is 3. The summed E-state index contributed by atoms with van der Waals surface area (Å²) in [6, 6.07) is 52.8. The molecule has 1 aromatic heterocycles. The van der Waals surface area contributed by atoms with Crippen LogP contribution in [0.5, 0.6) is 0 Å². The Balaban J connectivity index is 1.19. The van der Waals surface area contributed by atoms with Gasteiger partial charge in [0.2, 0.25) is 0 Å². The molecule has 12 aromatic rings. The van der Waals surface area contributed by atoms with Crippen molar-refractivity contribution in [3.63, 3.8) is 0 Å². The second kappa shape index (κ2) is 13.9. The minimum Gasteiger partial charge on any atom is -0.455 e. The van der Waals surface area contributed by atoms with Crippen molar-refractivity contribution in [2.24, 2.45) is 0 Å². The highest BCUT2D eigenvalue weighted by atomic mass is 16.3. The molecule has 0 fully saturated rings. The summed E-state index contributed by atoms with van der Waals surface area (Å²) >= 11 is 0. The highest BCUT2D eigenvalue weighted by molar-refractivity contribution is 6.22. The molecule has 0 saturated carbocycles. The van der Waals surface area contributed by atoms with E-state index in [0.717, 1.165) is 59.6 Å². The van der Waals surface area contributed by atoms with Crippen molar-refractivity contribution in [1.29, 1.82) is 0 Å². The van der Waals surface area contributed by atoms with Crippen LogP contribution in [-0.4, -0.2) is 0 Å². The predicted octanol–water partition coefficient (Wildman–Crippen LogP) is 16.7. The van der Waals surface area contributed by atoms with Crippen molar-refractivity contribution in [1.82, 2.24) is 0 Å². The first-order chi connectivity index (χ1) is 33.1. The van der Waals surface area contributed by atoms with Gasteiger partial charge in [-0.1, -0.05) is 188 Å². The molecule has 0 saturated heterocycles. The van der Waals surface area contributed by atoms with Crippen LogP contribution in [0.15, 0.2) is 229 Å². The summed E-state index contributed by atoms with van der Waals surface area (Å²) in [6.07, 6.45) is 0. The maximum atomic E-state index is 10.1. The molecule has 1 heterocycles. The molecule has 12 rings (SSSR count). The summed E-state index contributed by atoms with van der Waals surface area (Å²) < 4.78 is 85.7. The molecule has 11 aromatic carbocycles. The Labute approximate surface area is 359 Å². The molecule has 0 amide bonds. The lowest BCUT2D eigenvalue weighted by molar-refractivity contribution is 0.670. The molecule has 280 valence electrons. The van der Waals surface area contributed by atoms with Crippen LogP contribution in [-0.2, 0) is 0 Å². The zero-order chi connectivity index (χ0) is 46.5. The van der Waals surface area contributed by atoms with Crippen molar-refractivity contribution < 1.29 is 15.4 Å². The number of para-hydroxylation sites is 2. The summed E-state index contributed by atoms with van der Waals surface area (Å²) in [4.78, 5) is 1.42. The lowest BCUT2D eigenvalue weighted by Crippen LogP contribution is -2.10. The van der Waals surface area contributed by atoms with Gasteiger partial charge in [0.05, 0.1) is 16.7 Å². The van der Waals surface area contributed by atoms with Crippen LogP contribution in [0, 0.1) is 0 Å². The van der Waals surface area contributed by atoms with E-state index in [-0.39, 0.29) is 46.7 Å². The van der Waals surface area contributed by atoms with Crippen molar-refractivity contribution in [3.8, 4) is 33.4 Å². The minimum atomic E-state index is -0.431. The van der Waals surface area contributed by atoms with Gasteiger partial charge in [0.1, 0.15) is 11.2 Å². The molecule has 0 unspecified atom stereocenters. The quantitative estimate of drug-likeness (QED) is 0.157. The Bertz CT molecular complexity index is 4030. The van der Waals surface area contributed by atoms with Gasteiger partial charge in [-0.15, -0.1) is 0 Å². The molecule has 0 radical (unpaired) electrons. The molecule has 0 bridgehead atoms. The third-order valence-electron chi connectivity index (χ3n) is 11.6. The Morgan fingerprint density at radius 2 is 0.833 bits per heavy atom. The minimum absolute atomic E-state index is 0.0308. The molecule has 0 spiro atoms. The van der Waals surface area contributed by atoms with E-state index in [2.05, 4.69) is 6.07 Å². The van der Waals surface area contributed by atoms with Crippen molar-refractivity contribution in [2.75, 3.05) is 4.90 Å². The number of furan rings is 1. The van der Waals surface area contributed by atoms with Crippen molar-refractivity contribution in [3.05, 3.63) is 224 Å². The van der Waals surface area contributed by atoms with E-state index < -0.39 is 24.2 Å². The van der Waals surface area contributed by atoms with Crippen LogP contribution in [0.25, 0.3) is 98.4 Å². The Morgan fingerprint density at radius 1 is 0.350 bits per heavy atom. The van der Waals surface area contributed by atoms with Crippen LogP contribution in [0.3, 0.4) is 0 Å². The molecular weight excluding hydrogens is 727 g/mol. The number of benzene rings is 11. The monoisotopic (exact) mass is 771 g/mol. The summed E-state index contributed by atoms with van der Waals surface area (Å²) in [7, 11) is 0. The van der Waals surface area contributed by atoms with Crippen molar-refractivity contribution in [2.45, 2.75) is 0 Å². The molecule has 2 nitrogen and oxygen atoms in total. The average Bonchev–Trinajstić information content (AvgIpc) is 3.77. The molecule has 0 N–H and O–H groups in total.